The zero-order valence-corrected chi connectivity index (χ0v) is 7.64. The van der Waals surface area contributed by atoms with Crippen molar-refractivity contribution in [2.24, 2.45) is 0 Å². The van der Waals surface area contributed by atoms with Crippen LogP contribution in [0.4, 0.5) is 9.18 Å². The van der Waals surface area contributed by atoms with Gasteiger partial charge in [-0.05, 0) is 35.7 Å². The highest BCUT2D eigenvalue weighted by Crippen LogP contribution is 2.02. The molecule has 0 saturated carbocycles. The van der Waals surface area contributed by atoms with Crippen molar-refractivity contribution in [3.8, 4) is 0 Å². The van der Waals surface area contributed by atoms with Gasteiger partial charge in [0.15, 0.2) is 0 Å². The molecule has 0 aromatic heterocycles. The molecule has 0 spiro atoms. The molecular weight excluding hydrogens is 193 g/mol. The summed E-state index contributed by atoms with van der Waals surface area (Å²) in [6, 6.07) is 6.13. The van der Waals surface area contributed by atoms with Gasteiger partial charge in [-0.2, -0.15) is 0 Å². The fraction of sp³-hybridized carbons (Fsp3) is 0.222. The van der Waals surface area contributed by atoms with Gasteiger partial charge in [-0.15, -0.1) is 0 Å². The van der Waals surface area contributed by atoms with Crippen molar-refractivity contribution in [1.82, 2.24) is 5.32 Å². The van der Waals surface area contributed by atoms with Crippen LogP contribution < -0.4 is 5.32 Å². The molecule has 1 amide bonds. The molecule has 1 N–H and O–H groups in total. The van der Waals surface area contributed by atoms with Gasteiger partial charge in [0.1, 0.15) is 5.82 Å². The Morgan fingerprint density at radius 3 is 2.54 bits per heavy atom. The molecule has 0 aliphatic carbocycles. The number of nitrogens with one attached hydrogen (secondary N) is 1. The van der Waals surface area contributed by atoms with Crippen LogP contribution in [-0.4, -0.2) is 11.9 Å². The Balaban J connectivity index is 2.37. The molecule has 13 heavy (non-hydrogen) atoms. The Labute approximate surface area is 80.7 Å². The molecule has 0 heterocycles. The summed E-state index contributed by atoms with van der Waals surface area (Å²) in [5.41, 5.74) is 0.965. The molecule has 70 valence electrons. The minimum Gasteiger partial charge on any atom is -0.342 e. The first-order chi connectivity index (χ1) is 6.18. The monoisotopic (exact) mass is 201 g/mol. The van der Waals surface area contributed by atoms with E-state index >= 15 is 0 Å². The van der Waals surface area contributed by atoms with Gasteiger partial charge in [0, 0.05) is 6.54 Å². The Morgan fingerprint density at radius 2 is 2.00 bits per heavy atom. The molecule has 0 atom stereocenters. The van der Waals surface area contributed by atoms with Crippen LogP contribution in [0, 0.1) is 5.82 Å². The van der Waals surface area contributed by atoms with Gasteiger partial charge in [0.2, 0.25) is 0 Å². The maximum Gasteiger partial charge on any atom is 0.313 e. The predicted molar refractivity (Wildman–Crippen MR) is 49.4 cm³/mol. The topological polar surface area (TPSA) is 29.1 Å². The van der Waals surface area contributed by atoms with E-state index in [0.29, 0.717) is 13.0 Å². The van der Waals surface area contributed by atoms with Crippen LogP contribution in [0.1, 0.15) is 5.56 Å². The Morgan fingerprint density at radius 1 is 1.38 bits per heavy atom. The summed E-state index contributed by atoms with van der Waals surface area (Å²) in [5.74, 6) is -0.259. The summed E-state index contributed by atoms with van der Waals surface area (Å²) in [6.45, 7) is 0.466. The molecule has 0 aliphatic rings. The summed E-state index contributed by atoms with van der Waals surface area (Å²) in [7, 11) is 0. The van der Waals surface area contributed by atoms with E-state index in [0.717, 1.165) is 5.56 Å². The maximum atomic E-state index is 12.4. The predicted octanol–water partition coefficient (Wildman–Crippen LogP) is 2.32. The van der Waals surface area contributed by atoms with Crippen LogP contribution in [0.2, 0.25) is 0 Å². The number of rotatable bonds is 3. The van der Waals surface area contributed by atoms with E-state index in [4.69, 9.17) is 11.6 Å². The molecular formula is C9H9ClFNO. The van der Waals surface area contributed by atoms with Crippen LogP contribution in [-0.2, 0) is 6.42 Å². The third-order valence-corrected chi connectivity index (χ3v) is 1.72. The van der Waals surface area contributed by atoms with Crippen molar-refractivity contribution >= 4 is 17.0 Å². The fourth-order valence-electron chi connectivity index (χ4n) is 0.956. The normalized spacial score (nSPS) is 9.69. The minimum absolute atomic E-state index is 0.259. The zero-order valence-electron chi connectivity index (χ0n) is 6.89. The number of amides is 1. The van der Waals surface area contributed by atoms with Crippen LogP contribution in [0.25, 0.3) is 0 Å². The molecule has 0 bridgehead atoms. The second-order valence-corrected chi connectivity index (χ2v) is 2.92. The quantitative estimate of drug-likeness (QED) is 0.590. The van der Waals surface area contributed by atoms with Crippen molar-refractivity contribution < 1.29 is 9.18 Å². The highest BCUT2D eigenvalue weighted by Gasteiger charge is 1.95. The smallest absolute Gasteiger partial charge is 0.313 e. The highest BCUT2D eigenvalue weighted by atomic mass is 35.5. The number of hydrogen-bond donors (Lipinski definition) is 1. The van der Waals surface area contributed by atoms with E-state index < -0.39 is 5.37 Å². The van der Waals surface area contributed by atoms with Crippen molar-refractivity contribution in [2.75, 3.05) is 6.54 Å². The van der Waals surface area contributed by atoms with Gasteiger partial charge in [-0.25, -0.2) is 4.39 Å². The van der Waals surface area contributed by atoms with Crippen LogP contribution in [0.5, 0.6) is 0 Å². The number of carbonyl (C=O) groups excluding carboxylic acids is 1. The maximum absolute atomic E-state index is 12.4. The first-order valence-corrected chi connectivity index (χ1v) is 4.24. The summed E-state index contributed by atoms with van der Waals surface area (Å²) in [6.07, 6.45) is 0.652. The zero-order chi connectivity index (χ0) is 9.68. The third kappa shape index (κ3) is 3.90. The molecule has 1 aromatic carbocycles. The van der Waals surface area contributed by atoms with Gasteiger partial charge in [-0.3, -0.25) is 4.79 Å². The number of halogens is 2. The van der Waals surface area contributed by atoms with E-state index in [1.54, 1.807) is 12.1 Å². The largest absolute Gasteiger partial charge is 0.342 e. The molecule has 2 nitrogen and oxygen atoms in total. The highest BCUT2D eigenvalue weighted by molar-refractivity contribution is 6.62. The molecule has 4 heteroatoms. The van der Waals surface area contributed by atoms with E-state index in [1.807, 2.05) is 0 Å². The molecule has 0 saturated heterocycles. The van der Waals surface area contributed by atoms with Gasteiger partial charge >= 0.3 is 5.37 Å². The van der Waals surface area contributed by atoms with Gasteiger partial charge in [-0.1, -0.05) is 12.1 Å². The molecule has 0 fully saturated rings. The molecule has 0 aliphatic heterocycles. The van der Waals surface area contributed by atoms with Crippen molar-refractivity contribution in [2.45, 2.75) is 6.42 Å². The number of carbonyl (C=O) groups is 1. The first kappa shape index (κ1) is 9.99. The summed E-state index contributed by atoms with van der Waals surface area (Å²) >= 11 is 5.06. The lowest BCUT2D eigenvalue weighted by atomic mass is 10.1. The lowest BCUT2D eigenvalue weighted by Crippen LogP contribution is -2.19. The lowest BCUT2D eigenvalue weighted by Gasteiger charge is -2.00. The number of benzene rings is 1. The SMILES string of the molecule is O=C(Cl)NCCc1ccc(F)cc1. The van der Waals surface area contributed by atoms with E-state index in [2.05, 4.69) is 5.32 Å². The second-order valence-electron chi connectivity index (χ2n) is 2.58. The van der Waals surface area contributed by atoms with Crippen molar-refractivity contribution in [3.05, 3.63) is 35.6 Å². The molecule has 0 unspecified atom stereocenters. The minimum atomic E-state index is -0.567. The third-order valence-electron chi connectivity index (χ3n) is 1.59. The fourth-order valence-corrected chi connectivity index (χ4v) is 1.05. The van der Waals surface area contributed by atoms with Crippen LogP contribution in [0.3, 0.4) is 0 Å². The average molecular weight is 202 g/mol. The van der Waals surface area contributed by atoms with E-state index in [9.17, 15) is 9.18 Å². The Hall–Kier alpha value is -1.09. The summed E-state index contributed by atoms with van der Waals surface area (Å²) in [4.78, 5) is 10.3. The van der Waals surface area contributed by atoms with Gasteiger partial charge < -0.3 is 5.32 Å². The lowest BCUT2D eigenvalue weighted by molar-refractivity contribution is 0.260. The summed E-state index contributed by atoms with van der Waals surface area (Å²) in [5, 5.41) is 1.87. The van der Waals surface area contributed by atoms with Crippen LogP contribution >= 0.6 is 11.6 Å². The number of hydrogen-bond acceptors (Lipinski definition) is 1. The van der Waals surface area contributed by atoms with E-state index in [1.165, 1.54) is 12.1 Å². The van der Waals surface area contributed by atoms with Crippen molar-refractivity contribution in [3.63, 3.8) is 0 Å². The summed E-state index contributed by atoms with van der Waals surface area (Å²) < 4.78 is 12.4. The first-order valence-electron chi connectivity index (χ1n) is 3.86. The molecule has 1 aromatic rings. The van der Waals surface area contributed by atoms with Gasteiger partial charge in [0.25, 0.3) is 0 Å². The second kappa shape index (κ2) is 4.82. The van der Waals surface area contributed by atoms with Gasteiger partial charge in [0.05, 0.1) is 0 Å². The molecule has 1 rings (SSSR count). The van der Waals surface area contributed by atoms with Crippen molar-refractivity contribution in [1.29, 1.82) is 0 Å². The standard InChI is InChI=1S/C9H9ClFNO/c10-9(13)12-6-5-7-1-3-8(11)4-2-7/h1-4H,5-6H2,(H,12,13). The Kier molecular flexibility index (Phi) is 3.71. The average Bonchev–Trinajstić information content (AvgIpc) is 2.08. The van der Waals surface area contributed by atoms with Crippen LogP contribution in [0.15, 0.2) is 24.3 Å². The molecule has 0 radical (unpaired) electrons. The Bertz CT molecular complexity index is 286. The van der Waals surface area contributed by atoms with E-state index in [-0.39, 0.29) is 5.82 Å².